The van der Waals surface area contributed by atoms with Crippen molar-refractivity contribution in [2.75, 3.05) is 11.2 Å². The van der Waals surface area contributed by atoms with Crippen molar-refractivity contribution in [1.82, 2.24) is 4.98 Å². The van der Waals surface area contributed by atoms with E-state index < -0.39 is 0 Å². The van der Waals surface area contributed by atoms with Crippen molar-refractivity contribution in [3.8, 4) is 0 Å². The molecule has 1 aromatic heterocycles. The zero-order valence-corrected chi connectivity index (χ0v) is 5.09. The molecule has 8 heavy (non-hydrogen) atoms. The van der Waals surface area contributed by atoms with Crippen LogP contribution in [-0.4, -0.2) is 10.9 Å². The lowest BCUT2D eigenvalue weighted by atomic mass is 10.5. The van der Waals surface area contributed by atoms with E-state index in [0.29, 0.717) is 0 Å². The summed E-state index contributed by atoms with van der Waals surface area (Å²) in [5, 5.41) is 4.48. The van der Waals surface area contributed by atoms with Gasteiger partial charge in [0.15, 0.2) is 0 Å². The molecule has 0 saturated carbocycles. The average molecular weight is 126 g/mol. The number of aromatic amines is 1. The number of H-pyrrole nitrogens is 1. The summed E-state index contributed by atoms with van der Waals surface area (Å²) >= 11 is 1.81. The van der Waals surface area contributed by atoms with E-state index in [1.54, 1.807) is 0 Å². The van der Waals surface area contributed by atoms with E-state index in [9.17, 15) is 0 Å². The highest BCUT2D eigenvalue weighted by Gasteiger charge is 2.08. The number of anilines is 1. The van der Waals surface area contributed by atoms with Gasteiger partial charge in [-0.25, -0.2) is 0 Å². The highest BCUT2D eigenvalue weighted by molar-refractivity contribution is 7.99. The Kier molecular flexibility index (Phi) is 0.784. The van der Waals surface area contributed by atoms with E-state index >= 15 is 0 Å². The van der Waals surface area contributed by atoms with E-state index in [1.165, 1.54) is 10.7 Å². The molecule has 0 fully saturated rings. The third-order valence-electron chi connectivity index (χ3n) is 1.19. The first-order chi connectivity index (χ1) is 3.97. The fraction of sp³-hybridized carbons (Fsp3) is 0.200. The van der Waals surface area contributed by atoms with E-state index in [2.05, 4.69) is 16.4 Å². The Morgan fingerprint density at radius 2 is 2.62 bits per heavy atom. The minimum absolute atomic E-state index is 1.02. The normalized spacial score (nSPS) is 15.5. The molecule has 0 amide bonds. The molecule has 0 aromatic carbocycles. The molecule has 2 nitrogen and oxygen atoms in total. The predicted molar refractivity (Wildman–Crippen MR) is 35.1 cm³/mol. The fourth-order valence-electron chi connectivity index (χ4n) is 0.799. The van der Waals surface area contributed by atoms with Crippen LogP contribution in [0.25, 0.3) is 0 Å². The molecule has 1 aliphatic heterocycles. The first kappa shape index (κ1) is 4.32. The molecule has 0 atom stereocenters. The zero-order valence-electron chi connectivity index (χ0n) is 4.27. The summed E-state index contributed by atoms with van der Waals surface area (Å²) in [6, 6.07) is 2.05. The Morgan fingerprint density at radius 1 is 1.62 bits per heavy atom. The van der Waals surface area contributed by atoms with Gasteiger partial charge in [0.2, 0.25) is 0 Å². The Balaban J connectivity index is 2.54. The van der Waals surface area contributed by atoms with Gasteiger partial charge in [-0.1, -0.05) is 11.8 Å². The maximum Gasteiger partial charge on any atom is 0.0975 e. The molecule has 0 saturated heterocycles. The Labute approximate surface area is 51.7 Å². The molecule has 0 radical (unpaired) electrons. The smallest absolute Gasteiger partial charge is 0.0975 e. The molecular weight excluding hydrogens is 120 g/mol. The van der Waals surface area contributed by atoms with E-state index in [-0.39, 0.29) is 0 Å². The van der Waals surface area contributed by atoms with Crippen molar-refractivity contribution in [1.29, 1.82) is 0 Å². The second-order valence-corrected chi connectivity index (χ2v) is 2.67. The van der Waals surface area contributed by atoms with Gasteiger partial charge >= 0.3 is 0 Å². The van der Waals surface area contributed by atoms with Crippen LogP contribution in [0.3, 0.4) is 0 Å². The molecule has 1 aliphatic rings. The maximum atomic E-state index is 3.21. The van der Waals surface area contributed by atoms with E-state index in [0.717, 1.165) is 5.88 Å². The van der Waals surface area contributed by atoms with E-state index in [1.807, 2.05) is 18.0 Å². The van der Waals surface area contributed by atoms with Gasteiger partial charge in [-0.05, 0) is 6.07 Å². The third-order valence-corrected chi connectivity index (χ3v) is 2.10. The summed E-state index contributed by atoms with van der Waals surface area (Å²) in [5.41, 5.74) is 1.25. The number of rotatable bonds is 0. The van der Waals surface area contributed by atoms with Gasteiger partial charge in [0, 0.05) is 6.20 Å². The van der Waals surface area contributed by atoms with Crippen molar-refractivity contribution in [3.63, 3.8) is 0 Å². The molecular formula is C5H6N2S. The highest BCUT2D eigenvalue weighted by Crippen LogP contribution is 2.31. The van der Waals surface area contributed by atoms with Crippen LogP contribution in [0, 0.1) is 0 Å². The first-order valence-corrected chi connectivity index (χ1v) is 3.49. The van der Waals surface area contributed by atoms with Gasteiger partial charge in [0.05, 0.1) is 16.6 Å². The molecule has 2 rings (SSSR count). The Morgan fingerprint density at radius 3 is 3.50 bits per heavy atom. The molecule has 1 aromatic rings. The second-order valence-electron chi connectivity index (χ2n) is 1.69. The lowest BCUT2D eigenvalue weighted by Crippen LogP contribution is -1.85. The Hall–Kier alpha value is -0.570. The first-order valence-electron chi connectivity index (χ1n) is 2.51. The summed E-state index contributed by atoms with van der Waals surface area (Å²) in [7, 11) is 0. The molecule has 0 unspecified atom stereocenters. The molecule has 0 spiro atoms. The average Bonchev–Trinajstić information content (AvgIpc) is 2.15. The number of fused-ring (bicyclic) bond motifs is 1. The number of aromatic nitrogens is 1. The molecule has 2 heterocycles. The van der Waals surface area contributed by atoms with Crippen LogP contribution in [0.1, 0.15) is 0 Å². The molecule has 42 valence electrons. The van der Waals surface area contributed by atoms with Crippen LogP contribution in [0.5, 0.6) is 0 Å². The number of nitrogens with one attached hydrogen (secondary N) is 2. The zero-order chi connectivity index (χ0) is 5.40. The van der Waals surface area contributed by atoms with Crippen molar-refractivity contribution in [2.24, 2.45) is 0 Å². The predicted octanol–water partition coefficient (Wildman–Crippen LogP) is 1.49. The monoisotopic (exact) mass is 126 g/mol. The van der Waals surface area contributed by atoms with Gasteiger partial charge in [0.1, 0.15) is 0 Å². The van der Waals surface area contributed by atoms with Crippen molar-refractivity contribution >= 4 is 17.4 Å². The fourth-order valence-corrected chi connectivity index (χ4v) is 1.62. The third kappa shape index (κ3) is 0.448. The highest BCUT2D eigenvalue weighted by atomic mass is 32.2. The van der Waals surface area contributed by atoms with Crippen molar-refractivity contribution in [2.45, 2.75) is 5.03 Å². The Bertz CT molecular complexity index is 176. The van der Waals surface area contributed by atoms with E-state index in [4.69, 9.17) is 0 Å². The van der Waals surface area contributed by atoms with Crippen LogP contribution in [0.2, 0.25) is 0 Å². The summed E-state index contributed by atoms with van der Waals surface area (Å²) in [5.74, 6) is 1.02. The number of thioether (sulfide) groups is 1. The van der Waals surface area contributed by atoms with Crippen LogP contribution in [-0.2, 0) is 0 Å². The van der Waals surface area contributed by atoms with Gasteiger partial charge in [-0.3, -0.25) is 0 Å². The van der Waals surface area contributed by atoms with Gasteiger partial charge in [0.25, 0.3) is 0 Å². The quantitative estimate of drug-likeness (QED) is 0.551. The molecule has 2 N–H and O–H groups in total. The lowest BCUT2D eigenvalue weighted by molar-refractivity contribution is 1.22. The largest absolute Gasteiger partial charge is 0.373 e. The van der Waals surface area contributed by atoms with Crippen molar-refractivity contribution < 1.29 is 0 Å². The number of hydrogen-bond acceptors (Lipinski definition) is 2. The van der Waals surface area contributed by atoms with Crippen LogP contribution >= 0.6 is 11.8 Å². The van der Waals surface area contributed by atoms with Gasteiger partial charge < -0.3 is 10.3 Å². The molecule has 0 bridgehead atoms. The maximum absolute atomic E-state index is 3.21. The summed E-state index contributed by atoms with van der Waals surface area (Å²) in [6.45, 7) is 0. The van der Waals surface area contributed by atoms with Gasteiger partial charge in [-0.15, -0.1) is 0 Å². The van der Waals surface area contributed by atoms with Crippen LogP contribution in [0.4, 0.5) is 5.69 Å². The minimum Gasteiger partial charge on any atom is -0.373 e. The summed E-state index contributed by atoms with van der Waals surface area (Å²) < 4.78 is 0. The molecule has 0 aliphatic carbocycles. The van der Waals surface area contributed by atoms with Crippen LogP contribution in [0.15, 0.2) is 17.3 Å². The minimum atomic E-state index is 1.02. The van der Waals surface area contributed by atoms with Crippen LogP contribution < -0.4 is 5.32 Å². The topological polar surface area (TPSA) is 27.8 Å². The molecule has 3 heteroatoms. The summed E-state index contributed by atoms with van der Waals surface area (Å²) in [4.78, 5) is 3.12. The standard InChI is InChI=1S/C5H6N2S/c1-2-6-5-4(1)7-3-8-5/h1-2,6-7H,3H2. The lowest BCUT2D eigenvalue weighted by Gasteiger charge is -1.84. The SMILES string of the molecule is c1cc2c([nH]1)SCN2. The van der Waals surface area contributed by atoms with Crippen molar-refractivity contribution in [3.05, 3.63) is 12.3 Å². The second kappa shape index (κ2) is 1.45. The van der Waals surface area contributed by atoms with Gasteiger partial charge in [-0.2, -0.15) is 0 Å². The number of hydrogen-bond donors (Lipinski definition) is 2. The summed E-state index contributed by atoms with van der Waals surface area (Å²) in [6.07, 6.45) is 1.95.